The van der Waals surface area contributed by atoms with Crippen molar-refractivity contribution in [3.63, 3.8) is 0 Å². The van der Waals surface area contributed by atoms with Gasteiger partial charge in [-0.1, -0.05) is 12.1 Å². The standard InChI is InChI=1S/C24H24O12/c25-14-5-1-12(9-16(14)27)3-7-19(29)34-11-18-21(31)23(22(32)24(33)35-18)36-20(30)8-4-13-2-6-15(26)17(28)10-13/h1-10,18,21-28,31-33H,11H2/t18-,21-,22-,23+,24-/m1/s1. The fraction of sp³-hybridized carbons (Fsp3) is 0.250. The largest absolute Gasteiger partial charge is 0.504 e. The highest BCUT2D eigenvalue weighted by atomic mass is 16.7. The van der Waals surface area contributed by atoms with Crippen molar-refractivity contribution in [2.45, 2.75) is 30.7 Å². The van der Waals surface area contributed by atoms with Crippen molar-refractivity contribution in [2.24, 2.45) is 0 Å². The van der Waals surface area contributed by atoms with Crippen LogP contribution in [0.4, 0.5) is 0 Å². The van der Waals surface area contributed by atoms with E-state index in [0.717, 1.165) is 12.2 Å². The van der Waals surface area contributed by atoms with Gasteiger partial charge in [-0.05, 0) is 47.5 Å². The molecule has 0 spiro atoms. The van der Waals surface area contributed by atoms with Crippen molar-refractivity contribution in [3.8, 4) is 23.0 Å². The molecule has 1 heterocycles. The average Bonchev–Trinajstić information content (AvgIpc) is 2.84. The van der Waals surface area contributed by atoms with Gasteiger partial charge in [-0.25, -0.2) is 9.59 Å². The maximum Gasteiger partial charge on any atom is 0.331 e. The Balaban J connectivity index is 1.58. The molecule has 1 aliphatic rings. The number of ether oxygens (including phenoxy) is 3. The van der Waals surface area contributed by atoms with E-state index in [4.69, 9.17) is 14.2 Å². The third kappa shape index (κ3) is 6.73. The molecule has 1 aliphatic heterocycles. The van der Waals surface area contributed by atoms with E-state index in [9.17, 15) is 45.3 Å². The van der Waals surface area contributed by atoms with Gasteiger partial charge < -0.3 is 50.0 Å². The van der Waals surface area contributed by atoms with Crippen molar-refractivity contribution in [3.05, 3.63) is 59.7 Å². The van der Waals surface area contributed by atoms with E-state index in [-0.39, 0.29) is 17.2 Å². The molecule has 1 saturated heterocycles. The summed E-state index contributed by atoms with van der Waals surface area (Å²) in [4.78, 5) is 24.2. The Hall–Kier alpha value is -4.10. The highest BCUT2D eigenvalue weighted by molar-refractivity contribution is 5.88. The molecule has 12 nitrogen and oxygen atoms in total. The van der Waals surface area contributed by atoms with Gasteiger partial charge in [0.15, 0.2) is 35.4 Å². The molecule has 12 heteroatoms. The summed E-state index contributed by atoms with van der Waals surface area (Å²) in [5.41, 5.74) is 0.730. The SMILES string of the molecule is O=C(C=Cc1ccc(O)c(O)c1)OC[C@H]1O[C@@H](O)[C@H](O)[C@@H](OC(=O)C=Cc2ccc(O)c(O)c2)[C@@H]1O. The third-order valence-corrected chi connectivity index (χ3v) is 5.13. The average molecular weight is 504 g/mol. The Morgan fingerprint density at radius 2 is 1.31 bits per heavy atom. The van der Waals surface area contributed by atoms with E-state index in [1.54, 1.807) is 0 Å². The minimum absolute atomic E-state index is 0.329. The summed E-state index contributed by atoms with van der Waals surface area (Å²) in [6, 6.07) is 7.67. The van der Waals surface area contributed by atoms with Crippen LogP contribution in [0.15, 0.2) is 48.6 Å². The molecule has 2 aromatic carbocycles. The topological polar surface area (TPSA) is 203 Å². The Morgan fingerprint density at radius 1 is 0.778 bits per heavy atom. The van der Waals surface area contributed by atoms with Gasteiger partial charge in [0.05, 0.1) is 0 Å². The fourth-order valence-electron chi connectivity index (χ4n) is 3.20. The number of hydrogen-bond acceptors (Lipinski definition) is 12. The number of carbonyl (C=O) groups excluding carboxylic acids is 2. The summed E-state index contributed by atoms with van der Waals surface area (Å²) in [6.45, 7) is -0.564. The predicted molar refractivity (Wildman–Crippen MR) is 121 cm³/mol. The van der Waals surface area contributed by atoms with Crippen molar-refractivity contribution in [2.75, 3.05) is 6.61 Å². The summed E-state index contributed by atoms with van der Waals surface area (Å²) in [5, 5.41) is 68.1. The molecule has 36 heavy (non-hydrogen) atoms. The number of esters is 2. The summed E-state index contributed by atoms with van der Waals surface area (Å²) in [5.74, 6) is -3.34. The molecule has 0 unspecified atom stereocenters. The van der Waals surface area contributed by atoms with Crippen LogP contribution in [0.3, 0.4) is 0 Å². The van der Waals surface area contributed by atoms with Crippen LogP contribution in [0.5, 0.6) is 23.0 Å². The van der Waals surface area contributed by atoms with Gasteiger partial charge in [-0.3, -0.25) is 0 Å². The molecular formula is C24H24O12. The zero-order chi connectivity index (χ0) is 26.4. The molecule has 192 valence electrons. The van der Waals surface area contributed by atoms with E-state index in [1.165, 1.54) is 48.6 Å². The van der Waals surface area contributed by atoms with Gasteiger partial charge in [-0.2, -0.15) is 0 Å². The van der Waals surface area contributed by atoms with Gasteiger partial charge in [-0.15, -0.1) is 0 Å². The molecule has 7 N–H and O–H groups in total. The lowest BCUT2D eigenvalue weighted by Gasteiger charge is -2.39. The number of rotatable bonds is 7. The Kier molecular flexibility index (Phi) is 8.51. The van der Waals surface area contributed by atoms with E-state index in [0.29, 0.717) is 11.1 Å². The number of carbonyl (C=O) groups is 2. The van der Waals surface area contributed by atoms with E-state index in [2.05, 4.69) is 0 Å². The molecule has 0 radical (unpaired) electrons. The maximum atomic E-state index is 12.2. The lowest BCUT2D eigenvalue weighted by molar-refractivity contribution is -0.289. The third-order valence-electron chi connectivity index (χ3n) is 5.13. The molecule has 0 aromatic heterocycles. The molecule has 0 bridgehead atoms. The van der Waals surface area contributed by atoms with Gasteiger partial charge in [0.1, 0.15) is 24.9 Å². The Bertz CT molecular complexity index is 1160. The first-order valence-electron chi connectivity index (χ1n) is 10.5. The van der Waals surface area contributed by atoms with Crippen molar-refractivity contribution < 1.29 is 59.5 Å². The highest BCUT2D eigenvalue weighted by Gasteiger charge is 2.46. The van der Waals surface area contributed by atoms with Crippen LogP contribution in [0.1, 0.15) is 11.1 Å². The summed E-state index contributed by atoms with van der Waals surface area (Å²) >= 11 is 0. The number of benzene rings is 2. The number of phenols is 4. The lowest BCUT2D eigenvalue weighted by atomic mass is 9.99. The monoisotopic (exact) mass is 504 g/mol. The number of aliphatic hydroxyl groups is 3. The van der Waals surface area contributed by atoms with Crippen LogP contribution >= 0.6 is 0 Å². The van der Waals surface area contributed by atoms with Crippen LogP contribution in [-0.4, -0.2) is 85.0 Å². The Labute approximate surface area is 204 Å². The minimum Gasteiger partial charge on any atom is -0.504 e. The fourth-order valence-corrected chi connectivity index (χ4v) is 3.20. The molecule has 5 atom stereocenters. The minimum atomic E-state index is -1.86. The zero-order valence-corrected chi connectivity index (χ0v) is 18.5. The van der Waals surface area contributed by atoms with Crippen molar-refractivity contribution in [1.82, 2.24) is 0 Å². The van der Waals surface area contributed by atoms with Gasteiger partial charge in [0.2, 0.25) is 0 Å². The number of hydrogen-bond donors (Lipinski definition) is 7. The Morgan fingerprint density at radius 3 is 1.83 bits per heavy atom. The molecule has 1 fully saturated rings. The van der Waals surface area contributed by atoms with Crippen LogP contribution in [0, 0.1) is 0 Å². The molecule has 0 amide bonds. The van der Waals surface area contributed by atoms with Crippen LogP contribution in [0.25, 0.3) is 12.2 Å². The second kappa shape index (κ2) is 11.6. The van der Waals surface area contributed by atoms with Crippen molar-refractivity contribution in [1.29, 1.82) is 0 Å². The summed E-state index contributed by atoms with van der Waals surface area (Å²) in [7, 11) is 0. The number of aliphatic hydroxyl groups excluding tert-OH is 3. The molecular weight excluding hydrogens is 480 g/mol. The van der Waals surface area contributed by atoms with Crippen LogP contribution in [0.2, 0.25) is 0 Å². The van der Waals surface area contributed by atoms with E-state index in [1.807, 2.05) is 0 Å². The van der Waals surface area contributed by atoms with Gasteiger partial charge >= 0.3 is 11.9 Å². The summed E-state index contributed by atoms with van der Waals surface area (Å²) < 4.78 is 15.1. The predicted octanol–water partition coefficient (Wildman–Crippen LogP) is 0.130. The second-order valence-corrected chi connectivity index (χ2v) is 7.74. The first kappa shape index (κ1) is 26.5. The maximum absolute atomic E-state index is 12.2. The number of phenolic OH excluding ortho intramolecular Hbond substituents is 4. The van der Waals surface area contributed by atoms with Crippen molar-refractivity contribution >= 4 is 24.1 Å². The van der Waals surface area contributed by atoms with Gasteiger partial charge in [0.25, 0.3) is 0 Å². The zero-order valence-electron chi connectivity index (χ0n) is 18.5. The lowest BCUT2D eigenvalue weighted by Crippen LogP contribution is -2.60. The number of aromatic hydroxyl groups is 4. The molecule has 2 aromatic rings. The molecule has 3 rings (SSSR count). The van der Waals surface area contributed by atoms with E-state index >= 15 is 0 Å². The van der Waals surface area contributed by atoms with Gasteiger partial charge in [0, 0.05) is 12.2 Å². The van der Waals surface area contributed by atoms with E-state index < -0.39 is 55.0 Å². The normalized spacial score (nSPS) is 24.1. The quantitative estimate of drug-likeness (QED) is 0.153. The molecule has 0 aliphatic carbocycles. The second-order valence-electron chi connectivity index (χ2n) is 7.74. The highest BCUT2D eigenvalue weighted by Crippen LogP contribution is 2.27. The first-order chi connectivity index (χ1) is 17.0. The molecule has 0 saturated carbocycles. The van der Waals surface area contributed by atoms with Crippen LogP contribution in [-0.2, 0) is 23.8 Å². The first-order valence-corrected chi connectivity index (χ1v) is 10.5. The summed E-state index contributed by atoms with van der Waals surface area (Å²) in [6.07, 6.45) is -3.83. The van der Waals surface area contributed by atoms with Crippen LogP contribution < -0.4 is 0 Å². The smallest absolute Gasteiger partial charge is 0.331 e.